The lowest BCUT2D eigenvalue weighted by atomic mass is 9.88. The second-order valence-electron chi connectivity index (χ2n) is 6.47. The van der Waals surface area contributed by atoms with E-state index in [0.717, 1.165) is 16.7 Å². The molecule has 3 rings (SSSR count). The second kappa shape index (κ2) is 7.76. The van der Waals surface area contributed by atoms with Gasteiger partial charge in [-0.2, -0.15) is 0 Å². The smallest absolute Gasteiger partial charge is 0.237 e. The van der Waals surface area contributed by atoms with Crippen LogP contribution >= 0.6 is 0 Å². The lowest BCUT2D eigenvalue weighted by Gasteiger charge is -2.38. The van der Waals surface area contributed by atoms with Crippen LogP contribution in [0.2, 0.25) is 0 Å². The number of aliphatic hydroxyl groups is 1. The Balaban J connectivity index is 1.89. The zero-order chi connectivity index (χ0) is 17.8. The number of fused-ring (bicyclic) bond motifs is 1. The third-order valence-electron chi connectivity index (χ3n) is 4.48. The van der Waals surface area contributed by atoms with Crippen molar-refractivity contribution in [3.8, 4) is 0 Å². The molecule has 2 atom stereocenters. The fourth-order valence-corrected chi connectivity index (χ4v) is 3.35. The van der Waals surface area contributed by atoms with E-state index in [9.17, 15) is 14.3 Å². The summed E-state index contributed by atoms with van der Waals surface area (Å²) in [5, 5.41) is 12.3. The highest BCUT2D eigenvalue weighted by Gasteiger charge is 2.31. The van der Waals surface area contributed by atoms with Gasteiger partial charge in [0, 0.05) is 13.1 Å². The van der Waals surface area contributed by atoms with E-state index in [-0.39, 0.29) is 24.3 Å². The van der Waals surface area contributed by atoms with Crippen LogP contribution in [0.15, 0.2) is 48.5 Å². The summed E-state index contributed by atoms with van der Waals surface area (Å²) in [5.41, 5.74) is 2.94. The van der Waals surface area contributed by atoms with E-state index in [0.29, 0.717) is 19.5 Å². The quantitative estimate of drug-likeness (QED) is 0.876. The van der Waals surface area contributed by atoms with E-state index in [1.807, 2.05) is 35.2 Å². The van der Waals surface area contributed by atoms with Gasteiger partial charge in [0.05, 0.1) is 18.7 Å². The molecule has 1 amide bonds. The number of benzene rings is 2. The van der Waals surface area contributed by atoms with Gasteiger partial charge in [-0.3, -0.25) is 4.79 Å². The molecule has 0 spiro atoms. The molecule has 0 bridgehead atoms. The van der Waals surface area contributed by atoms with Crippen molar-refractivity contribution in [2.75, 3.05) is 19.6 Å². The van der Waals surface area contributed by atoms with E-state index in [4.69, 9.17) is 0 Å². The average molecular weight is 342 g/mol. The van der Waals surface area contributed by atoms with Gasteiger partial charge in [-0.1, -0.05) is 36.4 Å². The number of halogens is 1. The minimum atomic E-state index is -0.497. The molecule has 0 saturated carbocycles. The van der Waals surface area contributed by atoms with Crippen molar-refractivity contribution < 1.29 is 14.3 Å². The van der Waals surface area contributed by atoms with Gasteiger partial charge in [-0.05, 0) is 42.2 Å². The number of rotatable bonds is 5. The molecule has 1 unspecified atom stereocenters. The van der Waals surface area contributed by atoms with Crippen LogP contribution in [0.1, 0.15) is 29.7 Å². The fraction of sp³-hybridized carbons (Fsp3) is 0.350. The number of amides is 1. The first-order valence-electron chi connectivity index (χ1n) is 8.58. The summed E-state index contributed by atoms with van der Waals surface area (Å²) < 4.78 is 13.6. The molecule has 1 aliphatic rings. The molecule has 0 aromatic heterocycles. The molecular weight excluding hydrogens is 319 g/mol. The first-order chi connectivity index (χ1) is 12.1. The van der Waals surface area contributed by atoms with Gasteiger partial charge in [0.25, 0.3) is 0 Å². The van der Waals surface area contributed by atoms with Gasteiger partial charge in [-0.25, -0.2) is 4.39 Å². The summed E-state index contributed by atoms with van der Waals surface area (Å²) in [7, 11) is 0. The molecule has 1 heterocycles. The Bertz CT molecular complexity index is 734. The number of aliphatic hydroxyl groups excluding tert-OH is 1. The summed E-state index contributed by atoms with van der Waals surface area (Å²) >= 11 is 0. The normalized spacial score (nSPS) is 17.9. The third-order valence-corrected chi connectivity index (χ3v) is 4.48. The second-order valence-corrected chi connectivity index (χ2v) is 6.47. The highest BCUT2D eigenvalue weighted by atomic mass is 19.1. The van der Waals surface area contributed by atoms with Crippen molar-refractivity contribution in [3.05, 3.63) is 71.0 Å². The molecule has 2 N–H and O–H groups in total. The zero-order valence-corrected chi connectivity index (χ0v) is 14.3. The van der Waals surface area contributed by atoms with Crippen LogP contribution in [0.4, 0.5) is 4.39 Å². The van der Waals surface area contributed by atoms with Crippen LogP contribution in [0.5, 0.6) is 0 Å². The van der Waals surface area contributed by atoms with Crippen molar-refractivity contribution in [2.24, 2.45) is 0 Å². The number of carbonyl (C=O) groups is 1. The Morgan fingerprint density at radius 2 is 2.08 bits per heavy atom. The lowest BCUT2D eigenvalue weighted by molar-refractivity contribution is -0.132. The van der Waals surface area contributed by atoms with Gasteiger partial charge in [0.2, 0.25) is 5.91 Å². The molecule has 0 radical (unpaired) electrons. The van der Waals surface area contributed by atoms with Crippen LogP contribution in [-0.2, 0) is 11.2 Å². The molecule has 2 aromatic rings. The van der Waals surface area contributed by atoms with Crippen molar-refractivity contribution in [1.82, 2.24) is 10.2 Å². The Kier molecular flexibility index (Phi) is 5.46. The van der Waals surface area contributed by atoms with Crippen molar-refractivity contribution in [2.45, 2.75) is 25.5 Å². The minimum Gasteiger partial charge on any atom is -0.392 e. The van der Waals surface area contributed by atoms with E-state index in [2.05, 4.69) is 5.32 Å². The standard InChI is InChI=1S/C20H23FN2O2/c1-14(24)12-22-13-19(25)23-10-9-16-11-17(21)7-8-18(16)20(23)15-5-3-2-4-6-15/h2-8,11,14,20,22,24H,9-10,12-13H2,1H3/t14-,20?/m1/s1. The van der Waals surface area contributed by atoms with Crippen LogP contribution < -0.4 is 5.32 Å². The monoisotopic (exact) mass is 342 g/mol. The molecule has 5 heteroatoms. The van der Waals surface area contributed by atoms with E-state index >= 15 is 0 Å². The fourth-order valence-electron chi connectivity index (χ4n) is 3.35. The van der Waals surface area contributed by atoms with Gasteiger partial charge in [0.1, 0.15) is 5.82 Å². The Morgan fingerprint density at radius 1 is 1.32 bits per heavy atom. The van der Waals surface area contributed by atoms with Gasteiger partial charge >= 0.3 is 0 Å². The lowest BCUT2D eigenvalue weighted by Crippen LogP contribution is -2.45. The first-order valence-corrected chi connectivity index (χ1v) is 8.58. The summed E-state index contributed by atoms with van der Waals surface area (Å²) in [6.07, 6.45) is 0.140. The predicted molar refractivity (Wildman–Crippen MR) is 94.7 cm³/mol. The first kappa shape index (κ1) is 17.6. The SMILES string of the molecule is C[C@@H](O)CNCC(=O)N1CCc2cc(F)ccc2C1c1ccccc1. The molecule has 2 aromatic carbocycles. The maximum atomic E-state index is 13.6. The van der Waals surface area contributed by atoms with Crippen molar-refractivity contribution >= 4 is 5.91 Å². The molecule has 0 saturated heterocycles. The zero-order valence-electron chi connectivity index (χ0n) is 14.3. The van der Waals surface area contributed by atoms with Gasteiger partial charge in [0.15, 0.2) is 0 Å². The number of nitrogens with one attached hydrogen (secondary N) is 1. The largest absolute Gasteiger partial charge is 0.392 e. The highest BCUT2D eigenvalue weighted by Crippen LogP contribution is 2.35. The van der Waals surface area contributed by atoms with Gasteiger partial charge in [-0.15, -0.1) is 0 Å². The molecule has 1 aliphatic heterocycles. The molecule has 132 valence electrons. The number of hydrogen-bond acceptors (Lipinski definition) is 3. The number of carbonyl (C=O) groups excluding carboxylic acids is 1. The predicted octanol–water partition coefficient (Wildman–Crippen LogP) is 2.27. The minimum absolute atomic E-state index is 0.0236. The maximum Gasteiger partial charge on any atom is 0.237 e. The molecule has 0 fully saturated rings. The molecular formula is C20H23FN2O2. The van der Waals surface area contributed by atoms with Crippen LogP contribution in [0, 0.1) is 5.82 Å². The summed E-state index contributed by atoms with van der Waals surface area (Å²) in [4.78, 5) is 14.6. The number of nitrogens with zero attached hydrogens (tertiary/aromatic N) is 1. The van der Waals surface area contributed by atoms with E-state index in [1.165, 1.54) is 6.07 Å². The molecule has 0 aliphatic carbocycles. The van der Waals surface area contributed by atoms with Crippen LogP contribution in [0.3, 0.4) is 0 Å². The maximum absolute atomic E-state index is 13.6. The topological polar surface area (TPSA) is 52.6 Å². The Labute approximate surface area is 147 Å². The summed E-state index contributed by atoms with van der Waals surface area (Å²) in [6.45, 7) is 2.77. The van der Waals surface area contributed by atoms with Crippen molar-refractivity contribution in [1.29, 1.82) is 0 Å². The Morgan fingerprint density at radius 3 is 2.80 bits per heavy atom. The summed E-state index contributed by atoms with van der Waals surface area (Å²) in [5.74, 6) is -0.270. The highest BCUT2D eigenvalue weighted by molar-refractivity contribution is 5.79. The molecule has 25 heavy (non-hydrogen) atoms. The average Bonchev–Trinajstić information content (AvgIpc) is 2.60. The van der Waals surface area contributed by atoms with E-state index < -0.39 is 6.10 Å². The van der Waals surface area contributed by atoms with Crippen molar-refractivity contribution in [3.63, 3.8) is 0 Å². The third kappa shape index (κ3) is 4.06. The number of hydrogen-bond donors (Lipinski definition) is 2. The molecule has 4 nitrogen and oxygen atoms in total. The summed E-state index contributed by atoms with van der Waals surface area (Å²) in [6, 6.07) is 14.4. The van der Waals surface area contributed by atoms with Crippen LogP contribution in [-0.4, -0.2) is 41.7 Å². The van der Waals surface area contributed by atoms with Gasteiger partial charge < -0.3 is 15.3 Å². The van der Waals surface area contributed by atoms with Crippen LogP contribution in [0.25, 0.3) is 0 Å². The van der Waals surface area contributed by atoms with E-state index in [1.54, 1.807) is 19.1 Å². The Hall–Kier alpha value is -2.24.